The van der Waals surface area contributed by atoms with Crippen LogP contribution in [0.15, 0.2) is 46.0 Å². The number of hydrogen-bond donors (Lipinski definition) is 1. The Labute approximate surface area is 161 Å². The van der Waals surface area contributed by atoms with Gasteiger partial charge in [-0.15, -0.1) is 0 Å². The number of carbonyl (C=O) groups is 1. The second-order valence-corrected chi connectivity index (χ2v) is 7.10. The van der Waals surface area contributed by atoms with Crippen LogP contribution in [0, 0.1) is 0 Å². The Hall–Kier alpha value is -2.67. The maximum Gasteiger partial charge on any atom is 0.230 e. The summed E-state index contributed by atoms with van der Waals surface area (Å²) in [5.41, 5.74) is 1.96. The fraction of sp³-hybridized carbons (Fsp3) is 0.300. The van der Waals surface area contributed by atoms with Crippen molar-refractivity contribution in [1.29, 1.82) is 0 Å². The van der Waals surface area contributed by atoms with Gasteiger partial charge in [0.25, 0.3) is 0 Å². The third-order valence-electron chi connectivity index (χ3n) is 4.28. The largest absolute Gasteiger partial charge is 0.486 e. The zero-order valence-corrected chi connectivity index (χ0v) is 15.8. The van der Waals surface area contributed by atoms with E-state index in [2.05, 4.69) is 18.3 Å². The van der Waals surface area contributed by atoms with E-state index < -0.39 is 0 Å². The maximum absolute atomic E-state index is 12.1. The molecule has 1 aromatic carbocycles. The molecule has 1 aliphatic rings. The molecule has 0 fully saturated rings. The lowest BCUT2D eigenvalue weighted by molar-refractivity contribution is -0.118. The number of amides is 1. The maximum atomic E-state index is 12.1. The Bertz CT molecular complexity index is 956. The summed E-state index contributed by atoms with van der Waals surface area (Å²) < 4.78 is 16.5. The highest BCUT2D eigenvalue weighted by Crippen LogP contribution is 2.35. The molecular weight excluding hydrogens is 364 g/mol. The summed E-state index contributed by atoms with van der Waals surface area (Å²) in [5, 5.41) is 4.74. The van der Waals surface area contributed by atoms with Crippen molar-refractivity contribution < 1.29 is 18.7 Å². The van der Waals surface area contributed by atoms with Crippen molar-refractivity contribution in [2.24, 2.45) is 0 Å². The Morgan fingerprint density at radius 3 is 2.78 bits per heavy atom. The van der Waals surface area contributed by atoms with E-state index in [-0.39, 0.29) is 5.91 Å². The van der Waals surface area contributed by atoms with Crippen LogP contribution >= 0.6 is 11.8 Å². The molecule has 0 radical (unpaired) electrons. The lowest BCUT2D eigenvalue weighted by Crippen LogP contribution is -2.24. The number of nitrogens with zero attached hydrogens (tertiary/aromatic N) is 1. The van der Waals surface area contributed by atoms with Crippen LogP contribution in [0.2, 0.25) is 0 Å². The summed E-state index contributed by atoms with van der Waals surface area (Å²) in [5.74, 6) is 2.46. The van der Waals surface area contributed by atoms with Gasteiger partial charge in [0.1, 0.15) is 24.0 Å². The van der Waals surface area contributed by atoms with Gasteiger partial charge in [-0.3, -0.25) is 4.79 Å². The standard InChI is InChI=1S/C20H20N2O4S/c1-2-13-8-14-9-17-18(26-7-6-25-17)10-16(14)22-20(13)27-12-19(23)21-11-15-4-3-5-24-15/h3-5,8-10H,2,6-7,11-12H2,1H3,(H,21,23). The molecule has 0 atom stereocenters. The van der Waals surface area contributed by atoms with Crippen molar-refractivity contribution >= 4 is 28.6 Å². The van der Waals surface area contributed by atoms with E-state index in [1.165, 1.54) is 11.8 Å². The molecule has 0 saturated heterocycles. The quantitative estimate of drug-likeness (QED) is 0.655. The first kappa shape index (κ1) is 17.7. The molecule has 27 heavy (non-hydrogen) atoms. The molecule has 3 aromatic rings. The molecule has 140 valence electrons. The number of thioether (sulfide) groups is 1. The molecule has 0 spiro atoms. The van der Waals surface area contributed by atoms with E-state index in [0.29, 0.717) is 25.5 Å². The zero-order chi connectivity index (χ0) is 18.6. The van der Waals surface area contributed by atoms with Crippen LogP contribution in [-0.2, 0) is 17.8 Å². The minimum absolute atomic E-state index is 0.0532. The average molecular weight is 384 g/mol. The molecule has 1 aliphatic heterocycles. The molecule has 7 heteroatoms. The van der Waals surface area contributed by atoms with Crippen LogP contribution in [0.5, 0.6) is 11.5 Å². The third kappa shape index (κ3) is 4.03. The smallest absolute Gasteiger partial charge is 0.230 e. The average Bonchev–Trinajstić information content (AvgIpc) is 3.22. The first-order chi connectivity index (χ1) is 13.2. The van der Waals surface area contributed by atoms with Crippen LogP contribution in [0.25, 0.3) is 10.9 Å². The van der Waals surface area contributed by atoms with Crippen LogP contribution < -0.4 is 14.8 Å². The molecule has 1 amide bonds. The lowest BCUT2D eigenvalue weighted by atomic mass is 10.1. The summed E-state index contributed by atoms with van der Waals surface area (Å²) in [6.45, 7) is 3.58. The first-order valence-corrected chi connectivity index (χ1v) is 9.86. The molecule has 0 bridgehead atoms. The van der Waals surface area contributed by atoms with Gasteiger partial charge in [-0.2, -0.15) is 0 Å². The minimum Gasteiger partial charge on any atom is -0.486 e. The van der Waals surface area contributed by atoms with Gasteiger partial charge in [0, 0.05) is 11.5 Å². The van der Waals surface area contributed by atoms with E-state index in [0.717, 1.165) is 45.2 Å². The molecule has 0 aliphatic carbocycles. The van der Waals surface area contributed by atoms with E-state index in [9.17, 15) is 4.79 Å². The predicted molar refractivity (Wildman–Crippen MR) is 103 cm³/mol. The van der Waals surface area contributed by atoms with E-state index in [1.807, 2.05) is 18.2 Å². The number of benzene rings is 1. The normalized spacial score (nSPS) is 12.9. The zero-order valence-electron chi connectivity index (χ0n) is 15.0. The van der Waals surface area contributed by atoms with E-state index in [1.54, 1.807) is 12.3 Å². The predicted octanol–water partition coefficient (Wildman–Crippen LogP) is 3.57. The monoisotopic (exact) mass is 384 g/mol. The lowest BCUT2D eigenvalue weighted by Gasteiger charge is -2.19. The van der Waals surface area contributed by atoms with Gasteiger partial charge < -0.3 is 19.2 Å². The molecule has 6 nitrogen and oxygen atoms in total. The number of fused-ring (bicyclic) bond motifs is 2. The Kier molecular flexibility index (Phi) is 5.20. The minimum atomic E-state index is -0.0532. The topological polar surface area (TPSA) is 73.6 Å². The summed E-state index contributed by atoms with van der Waals surface area (Å²) in [7, 11) is 0. The van der Waals surface area contributed by atoms with Gasteiger partial charge in [0.2, 0.25) is 5.91 Å². The van der Waals surface area contributed by atoms with E-state index >= 15 is 0 Å². The fourth-order valence-electron chi connectivity index (χ4n) is 2.90. The highest BCUT2D eigenvalue weighted by Gasteiger charge is 2.15. The summed E-state index contributed by atoms with van der Waals surface area (Å²) in [6, 6.07) is 9.63. The van der Waals surface area contributed by atoms with Crippen LogP contribution in [0.3, 0.4) is 0 Å². The van der Waals surface area contributed by atoms with Crippen molar-refractivity contribution in [1.82, 2.24) is 10.3 Å². The van der Waals surface area contributed by atoms with E-state index in [4.69, 9.17) is 18.9 Å². The van der Waals surface area contributed by atoms with Gasteiger partial charge >= 0.3 is 0 Å². The van der Waals surface area contributed by atoms with Gasteiger partial charge in [0.05, 0.1) is 24.1 Å². The molecule has 0 saturated carbocycles. The summed E-state index contributed by atoms with van der Waals surface area (Å²) >= 11 is 1.44. The Morgan fingerprint density at radius 1 is 1.22 bits per heavy atom. The molecule has 3 heterocycles. The number of hydrogen-bond acceptors (Lipinski definition) is 6. The van der Waals surface area contributed by atoms with Crippen molar-refractivity contribution in [3.63, 3.8) is 0 Å². The number of ether oxygens (including phenoxy) is 2. The number of nitrogens with one attached hydrogen (secondary N) is 1. The summed E-state index contributed by atoms with van der Waals surface area (Å²) in [6.07, 6.45) is 2.43. The Morgan fingerprint density at radius 2 is 2.04 bits per heavy atom. The number of pyridine rings is 1. The van der Waals surface area contributed by atoms with Crippen LogP contribution in [0.1, 0.15) is 18.2 Å². The van der Waals surface area contributed by atoms with Gasteiger partial charge in [-0.1, -0.05) is 18.7 Å². The SMILES string of the molecule is CCc1cc2cc3c(cc2nc1SCC(=O)NCc1ccco1)OCCO3. The van der Waals surface area contributed by atoms with Crippen LogP contribution in [-0.4, -0.2) is 29.9 Å². The fourth-order valence-corrected chi connectivity index (χ4v) is 3.82. The number of aromatic nitrogens is 1. The second kappa shape index (κ2) is 7.92. The molecular formula is C20H20N2O4S. The summed E-state index contributed by atoms with van der Waals surface area (Å²) in [4.78, 5) is 16.9. The number of furan rings is 1. The Balaban J connectivity index is 1.49. The molecule has 0 unspecified atom stereocenters. The first-order valence-electron chi connectivity index (χ1n) is 8.88. The molecule has 2 aromatic heterocycles. The van der Waals surface area contributed by atoms with Crippen molar-refractivity contribution in [3.05, 3.63) is 47.9 Å². The van der Waals surface area contributed by atoms with Crippen molar-refractivity contribution in [3.8, 4) is 11.5 Å². The van der Waals surface area contributed by atoms with Gasteiger partial charge in [-0.25, -0.2) is 4.98 Å². The highest BCUT2D eigenvalue weighted by molar-refractivity contribution is 7.99. The highest BCUT2D eigenvalue weighted by atomic mass is 32.2. The van der Waals surface area contributed by atoms with Gasteiger partial charge in [-0.05, 0) is 36.2 Å². The molecule has 1 N–H and O–H groups in total. The second-order valence-electron chi connectivity index (χ2n) is 6.14. The van der Waals surface area contributed by atoms with Crippen LogP contribution in [0.4, 0.5) is 0 Å². The number of carbonyl (C=O) groups excluding carboxylic acids is 1. The van der Waals surface area contributed by atoms with Crippen molar-refractivity contribution in [2.45, 2.75) is 24.9 Å². The molecule has 4 rings (SSSR count). The number of aryl methyl sites for hydroxylation is 1. The number of rotatable bonds is 6. The third-order valence-corrected chi connectivity index (χ3v) is 5.31. The van der Waals surface area contributed by atoms with Crippen molar-refractivity contribution in [2.75, 3.05) is 19.0 Å². The van der Waals surface area contributed by atoms with Gasteiger partial charge in [0.15, 0.2) is 11.5 Å².